The number of carboxylic acid groups (broad SMARTS) is 1. The number of benzene rings is 1. The average Bonchev–Trinajstić information content (AvgIpc) is 2.45. The lowest BCUT2D eigenvalue weighted by molar-refractivity contribution is -0.133. The van der Waals surface area contributed by atoms with E-state index in [2.05, 4.69) is 4.74 Å². The molecule has 5 nitrogen and oxygen atoms in total. The molecule has 1 aromatic carbocycles. The minimum Gasteiger partial charge on any atom is -0.492 e. The van der Waals surface area contributed by atoms with Gasteiger partial charge in [-0.15, -0.1) is 0 Å². The molecule has 8 heteroatoms. The number of rotatable bonds is 5. The standard InChI is InChI=1S/C14H12F3NO4/c1-22-11(14(15,16)17)8-7-10(13(20)21)18-12(19)9-5-3-2-4-6-9/h2-8H,1H3,(H,18,19)(H,20,21)/b10-7+,11-8-. The van der Waals surface area contributed by atoms with Crippen molar-refractivity contribution in [1.82, 2.24) is 5.32 Å². The maximum absolute atomic E-state index is 12.4. The van der Waals surface area contributed by atoms with Crippen molar-refractivity contribution in [2.45, 2.75) is 6.18 Å². The number of hydrogen-bond donors (Lipinski definition) is 2. The largest absolute Gasteiger partial charge is 0.492 e. The number of aliphatic carboxylic acids is 1. The number of ether oxygens (including phenoxy) is 1. The normalized spacial score (nSPS) is 12.7. The van der Waals surface area contributed by atoms with E-state index in [0.29, 0.717) is 12.2 Å². The van der Waals surface area contributed by atoms with Gasteiger partial charge in [0.1, 0.15) is 5.70 Å². The number of hydrogen-bond acceptors (Lipinski definition) is 3. The molecule has 0 aromatic heterocycles. The first-order chi connectivity index (χ1) is 10.3. The molecule has 0 fully saturated rings. The lowest BCUT2D eigenvalue weighted by Crippen LogP contribution is -2.27. The molecular formula is C14H12F3NO4. The fourth-order valence-corrected chi connectivity index (χ4v) is 1.39. The number of carbonyl (C=O) groups excluding carboxylic acids is 1. The number of allylic oxidation sites excluding steroid dienone is 3. The molecule has 0 saturated carbocycles. The van der Waals surface area contributed by atoms with Crippen LogP contribution in [0.4, 0.5) is 13.2 Å². The first-order valence-electron chi connectivity index (χ1n) is 5.88. The van der Waals surface area contributed by atoms with Gasteiger partial charge in [0.25, 0.3) is 5.91 Å². The predicted molar refractivity (Wildman–Crippen MR) is 70.8 cm³/mol. The van der Waals surface area contributed by atoms with Gasteiger partial charge >= 0.3 is 12.1 Å². The van der Waals surface area contributed by atoms with Crippen molar-refractivity contribution >= 4 is 11.9 Å². The van der Waals surface area contributed by atoms with Crippen molar-refractivity contribution in [3.05, 3.63) is 59.5 Å². The van der Waals surface area contributed by atoms with Gasteiger partial charge in [0, 0.05) is 5.56 Å². The van der Waals surface area contributed by atoms with Crippen LogP contribution in [-0.4, -0.2) is 30.3 Å². The highest BCUT2D eigenvalue weighted by Gasteiger charge is 2.34. The van der Waals surface area contributed by atoms with E-state index >= 15 is 0 Å². The van der Waals surface area contributed by atoms with Crippen LogP contribution in [-0.2, 0) is 9.53 Å². The second kappa shape index (κ2) is 7.30. The van der Waals surface area contributed by atoms with Gasteiger partial charge in [0.05, 0.1) is 7.11 Å². The molecule has 0 aliphatic carbocycles. The zero-order valence-corrected chi connectivity index (χ0v) is 11.3. The first kappa shape index (κ1) is 17.3. The smallest absolute Gasteiger partial charge is 0.448 e. The highest BCUT2D eigenvalue weighted by molar-refractivity contribution is 6.00. The lowest BCUT2D eigenvalue weighted by Gasteiger charge is -2.09. The minimum atomic E-state index is -4.77. The zero-order valence-electron chi connectivity index (χ0n) is 11.3. The summed E-state index contributed by atoms with van der Waals surface area (Å²) in [5.41, 5.74) is -0.547. The van der Waals surface area contributed by atoms with Gasteiger partial charge in [-0.05, 0) is 24.3 Å². The Labute approximate surface area is 123 Å². The fourth-order valence-electron chi connectivity index (χ4n) is 1.39. The summed E-state index contributed by atoms with van der Waals surface area (Å²) in [6.07, 6.45) is -3.73. The SMILES string of the molecule is CO/C(=C\C=C(\NC(=O)c1ccccc1)C(=O)O)C(F)(F)F. The Morgan fingerprint density at radius 1 is 1.18 bits per heavy atom. The van der Waals surface area contributed by atoms with Crippen molar-refractivity contribution < 1.29 is 32.6 Å². The fraction of sp³-hybridized carbons (Fsp3) is 0.143. The molecule has 0 radical (unpaired) electrons. The van der Waals surface area contributed by atoms with E-state index in [-0.39, 0.29) is 5.56 Å². The maximum Gasteiger partial charge on any atom is 0.448 e. The molecule has 0 unspecified atom stereocenters. The molecule has 0 heterocycles. The molecule has 1 amide bonds. The van der Waals surface area contributed by atoms with Gasteiger partial charge in [0.2, 0.25) is 5.76 Å². The number of carbonyl (C=O) groups is 2. The molecule has 0 saturated heterocycles. The summed E-state index contributed by atoms with van der Waals surface area (Å²) in [6, 6.07) is 7.64. The van der Waals surface area contributed by atoms with E-state index in [9.17, 15) is 22.8 Å². The van der Waals surface area contributed by atoms with Crippen LogP contribution in [0.25, 0.3) is 0 Å². The van der Waals surface area contributed by atoms with Crippen LogP contribution in [0, 0.1) is 0 Å². The Kier molecular flexibility index (Phi) is 5.73. The second-order valence-electron chi connectivity index (χ2n) is 3.94. The lowest BCUT2D eigenvalue weighted by atomic mass is 10.2. The van der Waals surface area contributed by atoms with E-state index in [4.69, 9.17) is 5.11 Å². The quantitative estimate of drug-likeness (QED) is 0.497. The Morgan fingerprint density at radius 2 is 1.77 bits per heavy atom. The number of alkyl halides is 3. The Bertz CT molecular complexity index is 606. The molecule has 118 valence electrons. The molecule has 0 aliphatic heterocycles. The van der Waals surface area contributed by atoms with Crippen LogP contribution in [0.5, 0.6) is 0 Å². The van der Waals surface area contributed by atoms with Crippen molar-refractivity contribution in [2.24, 2.45) is 0 Å². The van der Waals surface area contributed by atoms with Crippen molar-refractivity contribution in [3.63, 3.8) is 0 Å². The van der Waals surface area contributed by atoms with Crippen LogP contribution >= 0.6 is 0 Å². The summed E-state index contributed by atoms with van der Waals surface area (Å²) in [7, 11) is 0.802. The first-order valence-corrected chi connectivity index (χ1v) is 5.88. The summed E-state index contributed by atoms with van der Waals surface area (Å²) in [4.78, 5) is 22.8. The highest BCUT2D eigenvalue weighted by atomic mass is 19.4. The Hall–Kier alpha value is -2.77. The van der Waals surface area contributed by atoms with E-state index in [0.717, 1.165) is 7.11 Å². The summed E-state index contributed by atoms with van der Waals surface area (Å²) >= 11 is 0. The van der Waals surface area contributed by atoms with Crippen molar-refractivity contribution in [2.75, 3.05) is 7.11 Å². The number of carboxylic acids is 1. The molecule has 22 heavy (non-hydrogen) atoms. The predicted octanol–water partition coefficient (Wildman–Crippen LogP) is 2.48. The van der Waals surface area contributed by atoms with Crippen LogP contribution in [0.15, 0.2) is 53.9 Å². The zero-order chi connectivity index (χ0) is 16.8. The molecule has 1 aromatic rings. The minimum absolute atomic E-state index is 0.168. The van der Waals surface area contributed by atoms with Crippen LogP contribution < -0.4 is 5.32 Å². The van der Waals surface area contributed by atoms with Gasteiger partial charge < -0.3 is 15.2 Å². The van der Waals surface area contributed by atoms with E-state index in [1.165, 1.54) is 12.1 Å². The van der Waals surface area contributed by atoms with Gasteiger partial charge in [-0.25, -0.2) is 4.79 Å². The van der Waals surface area contributed by atoms with Crippen molar-refractivity contribution in [3.8, 4) is 0 Å². The van der Waals surface area contributed by atoms with Gasteiger partial charge in [0.15, 0.2) is 0 Å². The molecule has 0 atom stereocenters. The third-order valence-corrected chi connectivity index (χ3v) is 2.42. The molecule has 0 spiro atoms. The van der Waals surface area contributed by atoms with Gasteiger partial charge in [-0.1, -0.05) is 18.2 Å². The number of nitrogens with one attached hydrogen (secondary N) is 1. The van der Waals surface area contributed by atoms with Crippen LogP contribution in [0.3, 0.4) is 0 Å². The van der Waals surface area contributed by atoms with E-state index in [1.807, 2.05) is 5.32 Å². The second-order valence-corrected chi connectivity index (χ2v) is 3.94. The maximum atomic E-state index is 12.4. The molecule has 1 rings (SSSR count). The molecule has 0 aliphatic rings. The monoisotopic (exact) mass is 315 g/mol. The third-order valence-electron chi connectivity index (χ3n) is 2.42. The average molecular weight is 315 g/mol. The number of amides is 1. The molecule has 0 bridgehead atoms. The summed E-state index contributed by atoms with van der Waals surface area (Å²) in [5, 5.41) is 10.9. The summed E-state index contributed by atoms with van der Waals surface area (Å²) in [5.74, 6) is -3.73. The Morgan fingerprint density at radius 3 is 2.23 bits per heavy atom. The molecule has 2 N–H and O–H groups in total. The van der Waals surface area contributed by atoms with E-state index in [1.54, 1.807) is 18.2 Å². The van der Waals surface area contributed by atoms with Gasteiger partial charge in [-0.3, -0.25) is 4.79 Å². The number of methoxy groups -OCH3 is 1. The Balaban J connectivity index is 3.00. The highest BCUT2D eigenvalue weighted by Crippen LogP contribution is 2.25. The summed E-state index contributed by atoms with van der Waals surface area (Å²) in [6.45, 7) is 0. The van der Waals surface area contributed by atoms with E-state index < -0.39 is 29.5 Å². The topological polar surface area (TPSA) is 75.6 Å². The number of halogens is 3. The van der Waals surface area contributed by atoms with Crippen LogP contribution in [0.1, 0.15) is 10.4 Å². The third kappa shape index (κ3) is 4.97. The molecular weight excluding hydrogens is 303 g/mol. The van der Waals surface area contributed by atoms with Gasteiger partial charge in [-0.2, -0.15) is 13.2 Å². The van der Waals surface area contributed by atoms with Crippen LogP contribution in [0.2, 0.25) is 0 Å². The summed E-state index contributed by atoms with van der Waals surface area (Å²) < 4.78 is 41.4. The van der Waals surface area contributed by atoms with Crippen molar-refractivity contribution in [1.29, 1.82) is 0 Å².